The Labute approximate surface area is 107 Å². The normalized spacial score (nSPS) is 12.4. The van der Waals surface area contributed by atoms with E-state index in [1.165, 1.54) is 10.9 Å². The molecule has 94 valence electrons. The number of rotatable bonds is 3. The Balaban J connectivity index is 2.25. The van der Waals surface area contributed by atoms with Crippen LogP contribution < -0.4 is 11.1 Å². The van der Waals surface area contributed by atoms with Crippen molar-refractivity contribution in [2.45, 2.75) is 13.8 Å². The first-order chi connectivity index (χ1) is 8.60. The summed E-state index contributed by atoms with van der Waals surface area (Å²) in [5.74, 6) is -0.206. The highest BCUT2D eigenvalue weighted by molar-refractivity contribution is 5.95. The fourth-order valence-corrected chi connectivity index (χ4v) is 1.82. The third-order valence-electron chi connectivity index (χ3n) is 3.06. The van der Waals surface area contributed by atoms with E-state index < -0.39 is 0 Å². The topological polar surface area (TPSA) is 55.1 Å². The minimum Gasteiger partial charge on any atom is -0.330 e. The highest BCUT2D eigenvalue weighted by Gasteiger charge is 2.10. The van der Waals surface area contributed by atoms with Gasteiger partial charge in [0, 0.05) is 18.2 Å². The number of carbonyl (C=O) groups excluding carboxylic acids is 1. The van der Waals surface area contributed by atoms with E-state index in [-0.39, 0.29) is 11.8 Å². The number of carbonyl (C=O) groups is 1. The molecule has 0 aliphatic carbocycles. The summed E-state index contributed by atoms with van der Waals surface area (Å²) in [5, 5.41) is 5.18. The van der Waals surface area contributed by atoms with Gasteiger partial charge in [0.2, 0.25) is 5.91 Å². The fraction of sp³-hybridized carbons (Fsp3) is 0.267. The lowest BCUT2D eigenvalue weighted by atomic mass is 10.1. The Morgan fingerprint density at radius 1 is 1.22 bits per heavy atom. The van der Waals surface area contributed by atoms with Gasteiger partial charge in [-0.15, -0.1) is 0 Å². The average molecular weight is 242 g/mol. The molecule has 0 spiro atoms. The summed E-state index contributed by atoms with van der Waals surface area (Å²) in [6.45, 7) is 4.25. The summed E-state index contributed by atoms with van der Waals surface area (Å²) in [7, 11) is 0. The third-order valence-corrected chi connectivity index (χ3v) is 3.06. The Bertz CT molecular complexity index is 578. The van der Waals surface area contributed by atoms with Gasteiger partial charge in [0.15, 0.2) is 0 Å². The summed E-state index contributed by atoms with van der Waals surface area (Å²) in [4.78, 5) is 11.7. The summed E-state index contributed by atoms with van der Waals surface area (Å²) >= 11 is 0. The Morgan fingerprint density at radius 3 is 2.61 bits per heavy atom. The van der Waals surface area contributed by atoms with Crippen LogP contribution in [0.25, 0.3) is 10.8 Å². The number of fused-ring (bicyclic) bond motifs is 1. The maximum Gasteiger partial charge on any atom is 0.228 e. The van der Waals surface area contributed by atoms with Crippen LogP contribution in [0.1, 0.15) is 12.5 Å². The van der Waals surface area contributed by atoms with E-state index in [4.69, 9.17) is 5.73 Å². The predicted octanol–water partition coefficient (Wildman–Crippen LogP) is 2.68. The predicted molar refractivity (Wildman–Crippen MR) is 75.5 cm³/mol. The number of benzene rings is 2. The molecule has 1 amide bonds. The molecule has 18 heavy (non-hydrogen) atoms. The molecule has 0 bridgehead atoms. The molecule has 3 heteroatoms. The molecule has 3 nitrogen and oxygen atoms in total. The van der Waals surface area contributed by atoms with Gasteiger partial charge < -0.3 is 11.1 Å². The van der Waals surface area contributed by atoms with Crippen molar-refractivity contribution in [1.29, 1.82) is 0 Å². The second kappa shape index (κ2) is 5.19. The smallest absolute Gasteiger partial charge is 0.228 e. The number of nitrogens with one attached hydrogen (secondary N) is 1. The molecule has 0 saturated carbocycles. The van der Waals surface area contributed by atoms with Crippen LogP contribution in [-0.4, -0.2) is 12.5 Å². The highest BCUT2D eigenvalue weighted by Crippen LogP contribution is 2.20. The van der Waals surface area contributed by atoms with Crippen LogP contribution in [0.4, 0.5) is 5.69 Å². The molecular weight excluding hydrogens is 224 g/mol. The zero-order chi connectivity index (χ0) is 13.1. The van der Waals surface area contributed by atoms with Crippen LogP contribution in [0.3, 0.4) is 0 Å². The van der Waals surface area contributed by atoms with Gasteiger partial charge in [-0.05, 0) is 29.8 Å². The summed E-state index contributed by atoms with van der Waals surface area (Å²) in [6, 6.07) is 12.2. The molecular formula is C15H18N2O. The lowest BCUT2D eigenvalue weighted by Crippen LogP contribution is -2.26. The zero-order valence-corrected chi connectivity index (χ0v) is 10.7. The molecule has 0 radical (unpaired) electrons. The SMILES string of the molecule is Cc1ccc2cc(NC(=O)C(C)CN)ccc2c1. The summed E-state index contributed by atoms with van der Waals surface area (Å²) in [6.07, 6.45) is 0. The van der Waals surface area contributed by atoms with Crippen molar-refractivity contribution in [2.24, 2.45) is 11.7 Å². The highest BCUT2D eigenvalue weighted by atomic mass is 16.1. The van der Waals surface area contributed by atoms with E-state index in [1.807, 2.05) is 25.1 Å². The molecule has 0 saturated heterocycles. The van der Waals surface area contributed by atoms with Gasteiger partial charge in [-0.2, -0.15) is 0 Å². The van der Waals surface area contributed by atoms with Crippen LogP contribution in [0, 0.1) is 12.8 Å². The minimum atomic E-state index is -0.168. The van der Waals surface area contributed by atoms with Crippen molar-refractivity contribution in [3.8, 4) is 0 Å². The second-order valence-electron chi connectivity index (χ2n) is 4.69. The van der Waals surface area contributed by atoms with Crippen molar-refractivity contribution in [2.75, 3.05) is 11.9 Å². The van der Waals surface area contributed by atoms with Gasteiger partial charge in [0.25, 0.3) is 0 Å². The molecule has 3 N–H and O–H groups in total. The summed E-state index contributed by atoms with van der Waals surface area (Å²) in [5.41, 5.74) is 7.52. The van der Waals surface area contributed by atoms with Gasteiger partial charge in [-0.3, -0.25) is 4.79 Å². The van der Waals surface area contributed by atoms with Crippen molar-refractivity contribution >= 4 is 22.4 Å². The zero-order valence-electron chi connectivity index (χ0n) is 10.7. The summed E-state index contributed by atoms with van der Waals surface area (Å²) < 4.78 is 0. The van der Waals surface area contributed by atoms with Gasteiger partial charge in [-0.25, -0.2) is 0 Å². The Morgan fingerprint density at radius 2 is 1.89 bits per heavy atom. The van der Waals surface area contributed by atoms with E-state index in [0.29, 0.717) is 6.54 Å². The molecule has 2 aromatic rings. The van der Waals surface area contributed by atoms with Crippen LogP contribution in [0.15, 0.2) is 36.4 Å². The van der Waals surface area contributed by atoms with Crippen LogP contribution in [0.5, 0.6) is 0 Å². The second-order valence-corrected chi connectivity index (χ2v) is 4.69. The molecule has 2 aromatic carbocycles. The number of hydrogen-bond acceptors (Lipinski definition) is 2. The lowest BCUT2D eigenvalue weighted by Gasteiger charge is -2.10. The molecule has 0 heterocycles. The van der Waals surface area contributed by atoms with Crippen molar-refractivity contribution < 1.29 is 4.79 Å². The number of nitrogens with two attached hydrogens (primary N) is 1. The largest absolute Gasteiger partial charge is 0.330 e. The van der Waals surface area contributed by atoms with Crippen LogP contribution in [0.2, 0.25) is 0 Å². The number of hydrogen-bond donors (Lipinski definition) is 2. The van der Waals surface area contributed by atoms with Gasteiger partial charge in [0.05, 0.1) is 0 Å². The quantitative estimate of drug-likeness (QED) is 0.869. The van der Waals surface area contributed by atoms with Crippen molar-refractivity contribution in [3.63, 3.8) is 0 Å². The molecule has 0 fully saturated rings. The first-order valence-corrected chi connectivity index (χ1v) is 6.11. The minimum absolute atomic E-state index is 0.0380. The Hall–Kier alpha value is -1.87. The van der Waals surface area contributed by atoms with E-state index in [2.05, 4.69) is 30.4 Å². The van der Waals surface area contributed by atoms with E-state index in [1.54, 1.807) is 0 Å². The number of aryl methyl sites for hydroxylation is 1. The lowest BCUT2D eigenvalue weighted by molar-refractivity contribution is -0.119. The fourth-order valence-electron chi connectivity index (χ4n) is 1.82. The molecule has 0 aromatic heterocycles. The molecule has 1 atom stereocenters. The van der Waals surface area contributed by atoms with Crippen LogP contribution >= 0.6 is 0 Å². The molecule has 1 unspecified atom stereocenters. The van der Waals surface area contributed by atoms with E-state index in [0.717, 1.165) is 11.1 Å². The first-order valence-electron chi connectivity index (χ1n) is 6.11. The molecule has 0 aliphatic rings. The van der Waals surface area contributed by atoms with Gasteiger partial charge in [0.1, 0.15) is 0 Å². The van der Waals surface area contributed by atoms with Gasteiger partial charge in [-0.1, -0.05) is 36.8 Å². The Kier molecular flexibility index (Phi) is 3.63. The maximum absolute atomic E-state index is 11.7. The van der Waals surface area contributed by atoms with Gasteiger partial charge >= 0.3 is 0 Å². The monoisotopic (exact) mass is 242 g/mol. The standard InChI is InChI=1S/C15H18N2O/c1-10-3-4-13-8-14(6-5-12(13)7-10)17-15(18)11(2)9-16/h3-8,11H,9,16H2,1-2H3,(H,17,18). The average Bonchev–Trinajstić information content (AvgIpc) is 2.38. The van der Waals surface area contributed by atoms with Crippen molar-refractivity contribution in [3.05, 3.63) is 42.0 Å². The molecule has 2 rings (SSSR count). The number of amides is 1. The van der Waals surface area contributed by atoms with Crippen molar-refractivity contribution in [1.82, 2.24) is 0 Å². The van der Waals surface area contributed by atoms with Crippen LogP contribution in [-0.2, 0) is 4.79 Å². The van der Waals surface area contributed by atoms with E-state index >= 15 is 0 Å². The third kappa shape index (κ3) is 2.68. The van der Waals surface area contributed by atoms with E-state index in [9.17, 15) is 4.79 Å². The first kappa shape index (κ1) is 12.6. The maximum atomic E-state index is 11.7. The number of anilines is 1. The molecule has 0 aliphatic heterocycles.